The molecule has 0 aliphatic rings. The van der Waals surface area contributed by atoms with E-state index < -0.39 is 21.7 Å². The molecule has 0 aliphatic carbocycles. The van der Waals surface area contributed by atoms with E-state index in [1.807, 2.05) is 0 Å². The van der Waals surface area contributed by atoms with Crippen molar-refractivity contribution in [3.8, 4) is 0 Å². The lowest BCUT2D eigenvalue weighted by Gasteiger charge is -2.12. The standard InChI is InChI=1S/C13H11BrF2N2O2S/c14-11-4-3-9(15)5-12(11)18-21(19,20)13-6-10(16)2-1-8(13)7-17/h1-6,18H,7,17H2. The zero-order valence-corrected chi connectivity index (χ0v) is 13.0. The van der Waals surface area contributed by atoms with Crippen LogP contribution in [0.5, 0.6) is 0 Å². The SMILES string of the molecule is NCc1ccc(F)cc1S(=O)(=O)Nc1cc(F)ccc1Br. The molecule has 0 heterocycles. The van der Waals surface area contributed by atoms with Gasteiger partial charge in [-0.2, -0.15) is 0 Å². The van der Waals surface area contributed by atoms with Crippen molar-refractivity contribution in [3.05, 3.63) is 58.1 Å². The van der Waals surface area contributed by atoms with Crippen molar-refractivity contribution in [2.75, 3.05) is 4.72 Å². The summed E-state index contributed by atoms with van der Waals surface area (Å²) in [5.41, 5.74) is 5.74. The Bertz CT molecular complexity index is 782. The minimum atomic E-state index is -4.08. The van der Waals surface area contributed by atoms with Crippen molar-refractivity contribution in [1.82, 2.24) is 0 Å². The number of hydrogen-bond donors (Lipinski definition) is 2. The molecule has 0 saturated heterocycles. The van der Waals surface area contributed by atoms with Gasteiger partial charge in [0.2, 0.25) is 0 Å². The second-order valence-corrected chi connectivity index (χ2v) is 6.69. The van der Waals surface area contributed by atoms with E-state index in [-0.39, 0.29) is 22.7 Å². The van der Waals surface area contributed by atoms with Gasteiger partial charge in [0, 0.05) is 11.0 Å². The predicted octanol–water partition coefficient (Wildman–Crippen LogP) is 2.99. The number of anilines is 1. The molecular weight excluding hydrogens is 366 g/mol. The molecule has 0 radical (unpaired) electrons. The molecule has 0 aromatic heterocycles. The van der Waals surface area contributed by atoms with Crippen LogP contribution in [0.2, 0.25) is 0 Å². The highest BCUT2D eigenvalue weighted by Gasteiger charge is 2.20. The third-order valence-electron chi connectivity index (χ3n) is 2.71. The molecule has 0 atom stereocenters. The average molecular weight is 377 g/mol. The van der Waals surface area contributed by atoms with Gasteiger partial charge in [-0.25, -0.2) is 17.2 Å². The second kappa shape index (κ2) is 6.08. The largest absolute Gasteiger partial charge is 0.326 e. The molecule has 0 saturated carbocycles. The topological polar surface area (TPSA) is 72.2 Å². The monoisotopic (exact) mass is 376 g/mol. The third kappa shape index (κ3) is 3.58. The summed E-state index contributed by atoms with van der Waals surface area (Å²) in [6, 6.07) is 6.85. The van der Waals surface area contributed by atoms with Crippen LogP contribution in [-0.4, -0.2) is 8.42 Å². The fourth-order valence-corrected chi connectivity index (χ4v) is 3.53. The lowest BCUT2D eigenvalue weighted by atomic mass is 10.2. The first-order valence-electron chi connectivity index (χ1n) is 5.80. The van der Waals surface area contributed by atoms with Crippen LogP contribution in [-0.2, 0) is 16.6 Å². The Labute approximate surface area is 129 Å². The molecule has 4 nitrogen and oxygen atoms in total. The van der Waals surface area contributed by atoms with Crippen molar-refractivity contribution >= 4 is 31.6 Å². The molecule has 8 heteroatoms. The van der Waals surface area contributed by atoms with Crippen LogP contribution < -0.4 is 10.5 Å². The summed E-state index contributed by atoms with van der Waals surface area (Å²) < 4.78 is 53.7. The second-order valence-electron chi connectivity index (χ2n) is 4.19. The van der Waals surface area contributed by atoms with Gasteiger partial charge in [0.15, 0.2) is 0 Å². The van der Waals surface area contributed by atoms with E-state index in [2.05, 4.69) is 20.7 Å². The van der Waals surface area contributed by atoms with Crippen molar-refractivity contribution < 1.29 is 17.2 Å². The number of hydrogen-bond acceptors (Lipinski definition) is 3. The van der Waals surface area contributed by atoms with Crippen LogP contribution in [0, 0.1) is 11.6 Å². The van der Waals surface area contributed by atoms with Gasteiger partial charge >= 0.3 is 0 Å². The van der Waals surface area contributed by atoms with Crippen molar-refractivity contribution in [1.29, 1.82) is 0 Å². The van der Waals surface area contributed by atoms with Gasteiger partial charge in [0.05, 0.1) is 10.6 Å². The minimum absolute atomic E-state index is 0.0160. The summed E-state index contributed by atoms with van der Waals surface area (Å²) in [6.07, 6.45) is 0. The van der Waals surface area contributed by atoms with Crippen LogP contribution >= 0.6 is 15.9 Å². The summed E-state index contributed by atoms with van der Waals surface area (Å²) in [5.74, 6) is -1.31. The number of nitrogens with one attached hydrogen (secondary N) is 1. The maximum Gasteiger partial charge on any atom is 0.262 e. The summed E-state index contributed by atoms with van der Waals surface area (Å²) in [4.78, 5) is -0.277. The van der Waals surface area contributed by atoms with Crippen LogP contribution in [0.25, 0.3) is 0 Å². The van der Waals surface area contributed by atoms with E-state index in [0.717, 1.165) is 18.2 Å². The Kier molecular flexibility index (Phi) is 4.60. The highest BCUT2D eigenvalue weighted by molar-refractivity contribution is 9.10. The fourth-order valence-electron chi connectivity index (χ4n) is 1.72. The van der Waals surface area contributed by atoms with Crippen LogP contribution in [0.15, 0.2) is 45.8 Å². The smallest absolute Gasteiger partial charge is 0.262 e. The molecule has 3 N–H and O–H groups in total. The van der Waals surface area contributed by atoms with Crippen LogP contribution in [0.1, 0.15) is 5.56 Å². The third-order valence-corrected chi connectivity index (χ3v) is 4.85. The Morgan fingerprint density at radius 3 is 2.38 bits per heavy atom. The zero-order valence-electron chi connectivity index (χ0n) is 10.6. The summed E-state index contributed by atoms with van der Waals surface area (Å²) in [6.45, 7) is -0.0686. The summed E-state index contributed by atoms with van der Waals surface area (Å²) >= 11 is 3.11. The van der Waals surface area contributed by atoms with Crippen molar-refractivity contribution in [2.24, 2.45) is 5.73 Å². The van der Waals surface area contributed by atoms with E-state index in [9.17, 15) is 17.2 Å². The molecule has 2 rings (SSSR count). The van der Waals surface area contributed by atoms with E-state index in [0.29, 0.717) is 4.47 Å². The van der Waals surface area contributed by atoms with Gasteiger partial charge in [-0.15, -0.1) is 0 Å². The van der Waals surface area contributed by atoms with Crippen LogP contribution in [0.3, 0.4) is 0 Å². The number of benzene rings is 2. The summed E-state index contributed by atoms with van der Waals surface area (Å²) in [5, 5.41) is 0. The van der Waals surface area contributed by atoms with Gasteiger partial charge in [-0.3, -0.25) is 4.72 Å². The molecule has 0 aliphatic heterocycles. The Morgan fingerprint density at radius 1 is 1.10 bits per heavy atom. The number of halogens is 3. The molecule has 0 spiro atoms. The molecule has 21 heavy (non-hydrogen) atoms. The number of nitrogens with two attached hydrogens (primary N) is 1. The first-order chi connectivity index (χ1) is 9.83. The molecule has 0 fully saturated rings. The quantitative estimate of drug-likeness (QED) is 0.861. The Hall–Kier alpha value is -1.51. The average Bonchev–Trinajstić information content (AvgIpc) is 2.42. The first kappa shape index (κ1) is 15.9. The highest BCUT2D eigenvalue weighted by Crippen LogP contribution is 2.27. The molecular formula is C13H11BrF2N2O2S. The fraction of sp³-hybridized carbons (Fsp3) is 0.0769. The molecule has 112 valence electrons. The minimum Gasteiger partial charge on any atom is -0.326 e. The van der Waals surface area contributed by atoms with Gasteiger partial charge in [0.1, 0.15) is 11.6 Å². The lowest BCUT2D eigenvalue weighted by Crippen LogP contribution is -2.17. The summed E-state index contributed by atoms with van der Waals surface area (Å²) in [7, 11) is -4.08. The number of sulfonamides is 1. The van der Waals surface area contributed by atoms with E-state index in [1.54, 1.807) is 0 Å². The molecule has 0 bridgehead atoms. The van der Waals surface area contributed by atoms with E-state index >= 15 is 0 Å². The Morgan fingerprint density at radius 2 is 1.71 bits per heavy atom. The van der Waals surface area contributed by atoms with E-state index in [4.69, 9.17) is 5.73 Å². The molecule has 2 aromatic carbocycles. The maximum atomic E-state index is 13.3. The zero-order chi connectivity index (χ0) is 15.6. The van der Waals surface area contributed by atoms with Crippen LogP contribution in [0.4, 0.5) is 14.5 Å². The highest BCUT2D eigenvalue weighted by atomic mass is 79.9. The van der Waals surface area contributed by atoms with Gasteiger partial charge in [0.25, 0.3) is 10.0 Å². The van der Waals surface area contributed by atoms with Crippen molar-refractivity contribution in [2.45, 2.75) is 11.4 Å². The van der Waals surface area contributed by atoms with Crippen molar-refractivity contribution in [3.63, 3.8) is 0 Å². The normalized spacial score (nSPS) is 11.4. The maximum absolute atomic E-state index is 13.3. The van der Waals surface area contributed by atoms with Gasteiger partial charge in [-0.05, 0) is 51.8 Å². The molecule has 2 aromatic rings. The van der Waals surface area contributed by atoms with Gasteiger partial charge in [-0.1, -0.05) is 6.07 Å². The lowest BCUT2D eigenvalue weighted by molar-refractivity contribution is 0.593. The molecule has 0 amide bonds. The van der Waals surface area contributed by atoms with E-state index in [1.165, 1.54) is 18.2 Å². The Balaban J connectivity index is 2.48. The first-order valence-corrected chi connectivity index (χ1v) is 8.07. The molecule has 0 unspecified atom stereocenters. The number of rotatable bonds is 4. The van der Waals surface area contributed by atoms with Gasteiger partial charge < -0.3 is 5.73 Å². The predicted molar refractivity (Wildman–Crippen MR) is 79.2 cm³/mol.